The third-order valence-corrected chi connectivity index (χ3v) is 3.94. The van der Waals surface area contributed by atoms with Crippen molar-refractivity contribution in [3.63, 3.8) is 0 Å². The molecule has 0 bridgehead atoms. The topological polar surface area (TPSA) is 78.4 Å². The van der Waals surface area contributed by atoms with E-state index >= 15 is 0 Å². The molecule has 1 aromatic rings. The molecule has 5 nitrogen and oxygen atoms in total. The number of amides is 2. The van der Waals surface area contributed by atoms with E-state index in [1.54, 1.807) is 24.3 Å². The summed E-state index contributed by atoms with van der Waals surface area (Å²) in [6.07, 6.45) is 1.58. The summed E-state index contributed by atoms with van der Waals surface area (Å²) in [6, 6.07) is 8.75. The molecule has 3 N–H and O–H groups in total. The van der Waals surface area contributed by atoms with Crippen molar-refractivity contribution in [3.05, 3.63) is 35.9 Å². The smallest absolute Gasteiger partial charge is 0.251 e. The monoisotopic (exact) mass is 292 g/mol. The first-order chi connectivity index (χ1) is 10.1. The molecule has 5 heteroatoms. The zero-order valence-corrected chi connectivity index (χ0v) is 12.7. The van der Waals surface area contributed by atoms with Crippen molar-refractivity contribution in [2.45, 2.75) is 26.7 Å². The summed E-state index contributed by atoms with van der Waals surface area (Å²) < 4.78 is 0. The van der Waals surface area contributed by atoms with Gasteiger partial charge in [0.1, 0.15) is 0 Å². The van der Waals surface area contributed by atoms with Crippen LogP contribution in [0.2, 0.25) is 0 Å². The van der Waals surface area contributed by atoms with E-state index < -0.39 is 0 Å². The van der Waals surface area contributed by atoms with Crippen molar-refractivity contribution < 1.29 is 14.7 Å². The minimum absolute atomic E-state index is 0.0383. The maximum Gasteiger partial charge on any atom is 0.251 e. The highest BCUT2D eigenvalue weighted by Crippen LogP contribution is 2.24. The average molecular weight is 292 g/mol. The third-order valence-electron chi connectivity index (χ3n) is 3.94. The van der Waals surface area contributed by atoms with Crippen LogP contribution in [0.1, 0.15) is 37.0 Å². The van der Waals surface area contributed by atoms with Crippen LogP contribution in [0.15, 0.2) is 30.3 Å². The number of benzene rings is 1. The van der Waals surface area contributed by atoms with E-state index in [0.717, 1.165) is 12.8 Å². The Morgan fingerprint density at radius 3 is 2.24 bits per heavy atom. The van der Waals surface area contributed by atoms with E-state index in [4.69, 9.17) is 0 Å². The number of aliphatic hydroxyl groups is 1. The van der Waals surface area contributed by atoms with Crippen molar-refractivity contribution >= 4 is 11.8 Å². The Morgan fingerprint density at radius 1 is 1.10 bits per heavy atom. The summed E-state index contributed by atoms with van der Waals surface area (Å²) >= 11 is 0. The number of rotatable bonds is 8. The van der Waals surface area contributed by atoms with Crippen LogP contribution >= 0.6 is 0 Å². The fraction of sp³-hybridized carbons (Fsp3) is 0.500. The van der Waals surface area contributed by atoms with Gasteiger partial charge in [0.2, 0.25) is 5.91 Å². The van der Waals surface area contributed by atoms with Gasteiger partial charge in [-0.15, -0.1) is 0 Å². The Hall–Kier alpha value is -1.88. The van der Waals surface area contributed by atoms with Crippen molar-refractivity contribution in [2.24, 2.45) is 5.41 Å². The van der Waals surface area contributed by atoms with Gasteiger partial charge < -0.3 is 15.7 Å². The van der Waals surface area contributed by atoms with E-state index in [2.05, 4.69) is 10.6 Å². The van der Waals surface area contributed by atoms with Gasteiger partial charge in [-0.1, -0.05) is 32.0 Å². The van der Waals surface area contributed by atoms with Crippen LogP contribution in [-0.4, -0.2) is 36.6 Å². The van der Waals surface area contributed by atoms with E-state index in [1.807, 2.05) is 19.9 Å². The maximum absolute atomic E-state index is 11.8. The lowest BCUT2D eigenvalue weighted by atomic mass is 9.83. The van der Waals surface area contributed by atoms with Crippen LogP contribution in [-0.2, 0) is 4.79 Å². The second kappa shape index (κ2) is 8.42. The van der Waals surface area contributed by atoms with Gasteiger partial charge >= 0.3 is 0 Å². The van der Waals surface area contributed by atoms with Gasteiger partial charge in [-0.2, -0.15) is 0 Å². The summed E-state index contributed by atoms with van der Waals surface area (Å²) in [4.78, 5) is 23.6. The molecule has 0 aliphatic carbocycles. The van der Waals surface area contributed by atoms with Crippen LogP contribution in [0, 0.1) is 5.41 Å². The van der Waals surface area contributed by atoms with E-state index in [-0.39, 0.29) is 30.4 Å². The van der Waals surface area contributed by atoms with Crippen molar-refractivity contribution in [1.29, 1.82) is 0 Å². The quantitative estimate of drug-likeness (QED) is 0.676. The second-order valence-corrected chi connectivity index (χ2v) is 5.19. The van der Waals surface area contributed by atoms with Gasteiger partial charge in [0, 0.05) is 17.5 Å². The Labute approximate surface area is 125 Å². The Morgan fingerprint density at radius 2 is 1.71 bits per heavy atom. The molecule has 0 saturated carbocycles. The molecule has 0 aliphatic heterocycles. The lowest BCUT2D eigenvalue weighted by Gasteiger charge is -2.29. The molecule has 1 rings (SSSR count). The molecule has 2 amide bonds. The fourth-order valence-corrected chi connectivity index (χ4v) is 1.98. The molecule has 116 valence electrons. The van der Waals surface area contributed by atoms with Crippen LogP contribution in [0.4, 0.5) is 0 Å². The van der Waals surface area contributed by atoms with Crippen LogP contribution in [0.25, 0.3) is 0 Å². The summed E-state index contributed by atoms with van der Waals surface area (Å²) in [6.45, 7) is 4.36. The SMILES string of the molecule is CCC(CC)(CO)CNC(=O)CNC(=O)c1ccccc1. The van der Waals surface area contributed by atoms with Gasteiger partial charge in [-0.05, 0) is 25.0 Å². The lowest BCUT2D eigenvalue weighted by Crippen LogP contribution is -2.43. The summed E-state index contributed by atoms with van der Waals surface area (Å²) in [5.74, 6) is -0.524. The first kappa shape index (κ1) is 17.2. The van der Waals surface area contributed by atoms with Gasteiger partial charge in [0.15, 0.2) is 0 Å². The highest BCUT2D eigenvalue weighted by atomic mass is 16.3. The summed E-state index contributed by atoms with van der Waals surface area (Å²) in [5, 5.41) is 14.8. The molecule has 0 unspecified atom stereocenters. The Kier molecular flexibility index (Phi) is 6.88. The second-order valence-electron chi connectivity index (χ2n) is 5.19. The van der Waals surface area contributed by atoms with Gasteiger partial charge in [0.05, 0.1) is 13.2 Å². The van der Waals surface area contributed by atoms with Gasteiger partial charge in [0.25, 0.3) is 5.91 Å². The van der Waals surface area contributed by atoms with Crippen LogP contribution < -0.4 is 10.6 Å². The highest BCUT2D eigenvalue weighted by molar-refractivity contribution is 5.96. The largest absolute Gasteiger partial charge is 0.396 e. The molecule has 0 aliphatic rings. The number of hydrogen-bond donors (Lipinski definition) is 3. The van der Waals surface area contributed by atoms with E-state index in [0.29, 0.717) is 12.1 Å². The summed E-state index contributed by atoms with van der Waals surface area (Å²) in [7, 11) is 0. The summed E-state index contributed by atoms with van der Waals surface area (Å²) in [5.41, 5.74) is 0.246. The predicted octanol–water partition coefficient (Wildman–Crippen LogP) is 1.33. The molecule has 0 fully saturated rings. The van der Waals surface area contributed by atoms with E-state index in [1.165, 1.54) is 0 Å². The van der Waals surface area contributed by atoms with Crippen molar-refractivity contribution in [2.75, 3.05) is 19.7 Å². The van der Waals surface area contributed by atoms with E-state index in [9.17, 15) is 14.7 Å². The van der Waals surface area contributed by atoms with Crippen LogP contribution in [0.5, 0.6) is 0 Å². The van der Waals surface area contributed by atoms with Crippen molar-refractivity contribution in [1.82, 2.24) is 10.6 Å². The number of hydrogen-bond acceptors (Lipinski definition) is 3. The molecule has 1 aromatic carbocycles. The predicted molar refractivity (Wildman–Crippen MR) is 81.9 cm³/mol. The molecule has 21 heavy (non-hydrogen) atoms. The highest BCUT2D eigenvalue weighted by Gasteiger charge is 2.25. The number of aliphatic hydroxyl groups excluding tert-OH is 1. The normalized spacial score (nSPS) is 11.0. The molecule has 0 aromatic heterocycles. The Balaban J connectivity index is 2.39. The number of carbonyl (C=O) groups excluding carboxylic acids is 2. The number of carbonyl (C=O) groups is 2. The maximum atomic E-state index is 11.8. The minimum atomic E-state index is -0.279. The third kappa shape index (κ3) is 5.19. The molecule has 0 heterocycles. The van der Waals surface area contributed by atoms with Gasteiger partial charge in [-0.25, -0.2) is 0 Å². The molecular weight excluding hydrogens is 268 g/mol. The van der Waals surface area contributed by atoms with Crippen LogP contribution in [0.3, 0.4) is 0 Å². The first-order valence-electron chi connectivity index (χ1n) is 7.27. The standard InChI is InChI=1S/C16H24N2O3/c1-3-16(4-2,12-19)11-18-14(20)10-17-15(21)13-8-6-5-7-9-13/h5-9,19H,3-4,10-12H2,1-2H3,(H,17,21)(H,18,20). The molecular formula is C16H24N2O3. The zero-order valence-electron chi connectivity index (χ0n) is 12.7. The zero-order chi connectivity index (χ0) is 15.7. The fourth-order valence-electron chi connectivity index (χ4n) is 1.98. The molecule has 0 radical (unpaired) electrons. The molecule has 0 saturated heterocycles. The van der Waals surface area contributed by atoms with Crippen molar-refractivity contribution in [3.8, 4) is 0 Å². The molecule has 0 atom stereocenters. The number of nitrogens with one attached hydrogen (secondary N) is 2. The lowest BCUT2D eigenvalue weighted by molar-refractivity contribution is -0.120. The minimum Gasteiger partial charge on any atom is -0.396 e. The Bertz CT molecular complexity index is 448. The van der Waals surface area contributed by atoms with Gasteiger partial charge in [-0.3, -0.25) is 9.59 Å². The molecule has 0 spiro atoms. The average Bonchev–Trinajstić information content (AvgIpc) is 2.55. The first-order valence-corrected chi connectivity index (χ1v) is 7.27.